The van der Waals surface area contributed by atoms with Gasteiger partial charge in [0.25, 0.3) is 4.58 Å². The van der Waals surface area contributed by atoms with Crippen LogP contribution in [0.4, 0.5) is 4.39 Å². The molecule has 3 atom stereocenters. The number of carbonyl (C=O) groups is 1. The molecule has 0 saturated carbocycles. The molecule has 0 aromatic carbocycles. The highest BCUT2D eigenvalue weighted by Gasteiger charge is 2.62. The highest BCUT2D eigenvalue weighted by molar-refractivity contribution is 9.10. The van der Waals surface area contributed by atoms with Crippen molar-refractivity contribution in [3.05, 3.63) is 0 Å². The Labute approximate surface area is 200 Å². The lowest BCUT2D eigenvalue weighted by molar-refractivity contribution is -0.146. The number of cyclic esters (lactones) is 1. The number of esters is 1. The molecule has 1 heterocycles. The third-order valence-corrected chi connectivity index (χ3v) is 20.4. The van der Waals surface area contributed by atoms with Crippen LogP contribution in [0.1, 0.15) is 83.1 Å². The Morgan fingerprint density at radius 1 is 0.839 bits per heavy atom. The van der Waals surface area contributed by atoms with Crippen LogP contribution in [0.15, 0.2) is 0 Å². The van der Waals surface area contributed by atoms with Crippen molar-refractivity contribution in [2.75, 3.05) is 6.61 Å². The van der Waals surface area contributed by atoms with Crippen LogP contribution in [-0.2, 0) is 18.4 Å². The van der Waals surface area contributed by atoms with E-state index in [9.17, 15) is 4.79 Å². The van der Waals surface area contributed by atoms with Crippen molar-refractivity contribution < 1.29 is 22.8 Å². The van der Waals surface area contributed by atoms with Crippen molar-refractivity contribution in [2.45, 2.75) is 133 Å². The molecule has 0 aromatic heterocycles. The van der Waals surface area contributed by atoms with Crippen LogP contribution >= 0.6 is 15.9 Å². The van der Waals surface area contributed by atoms with E-state index in [1.54, 1.807) is 0 Å². The van der Waals surface area contributed by atoms with E-state index in [2.05, 4.69) is 99.0 Å². The molecule has 31 heavy (non-hydrogen) atoms. The van der Waals surface area contributed by atoms with Gasteiger partial charge >= 0.3 is 5.97 Å². The summed E-state index contributed by atoms with van der Waals surface area (Å²) in [4.78, 5) is 12.5. The van der Waals surface area contributed by atoms with E-state index in [1.807, 2.05) is 0 Å². The molecule has 0 spiro atoms. The first-order valence-corrected chi connectivity index (χ1v) is 17.0. The lowest BCUT2D eigenvalue weighted by Gasteiger charge is -2.46. The number of ether oxygens (including phenoxy) is 1. The number of hydrogen-bond donors (Lipinski definition) is 0. The lowest BCUT2D eigenvalue weighted by Crippen LogP contribution is -2.56. The zero-order chi connectivity index (χ0) is 24.5. The second kappa shape index (κ2) is 10.7. The van der Waals surface area contributed by atoms with E-state index < -0.39 is 39.4 Å². The summed E-state index contributed by atoms with van der Waals surface area (Å²) >= 11 is 3.03. The minimum atomic E-state index is -2.44. The van der Waals surface area contributed by atoms with Gasteiger partial charge in [-0.05, 0) is 49.2 Å². The van der Waals surface area contributed by atoms with Gasteiger partial charge in [0, 0.05) is 0 Å². The molecule has 4 nitrogen and oxygen atoms in total. The van der Waals surface area contributed by atoms with Gasteiger partial charge in [0.1, 0.15) is 6.10 Å². The van der Waals surface area contributed by atoms with Crippen molar-refractivity contribution in [3.8, 4) is 0 Å². The first-order valence-electron chi connectivity index (χ1n) is 11.9. The number of rotatable bonds is 11. The maximum Gasteiger partial charge on any atom is 0.358 e. The normalized spacial score (nSPS) is 25.7. The molecule has 0 N–H and O–H groups in total. The molecule has 1 fully saturated rings. The molecule has 0 bridgehead atoms. The Morgan fingerprint density at radius 3 is 1.52 bits per heavy atom. The molecule has 0 aliphatic carbocycles. The maximum absolute atomic E-state index is 15.6. The summed E-state index contributed by atoms with van der Waals surface area (Å²) in [5.74, 6) is -0.906. The molecule has 1 rings (SSSR count). The summed E-state index contributed by atoms with van der Waals surface area (Å²) in [6, 6.07) is 0. The van der Waals surface area contributed by atoms with Crippen LogP contribution < -0.4 is 0 Å². The number of carbonyl (C=O) groups excluding carboxylic acids is 1. The molecule has 184 valence electrons. The Morgan fingerprint density at radius 2 is 1.19 bits per heavy atom. The van der Waals surface area contributed by atoms with Gasteiger partial charge in [0.2, 0.25) is 16.6 Å². The molecule has 1 aliphatic heterocycles. The summed E-state index contributed by atoms with van der Waals surface area (Å²) in [6.07, 6.45) is -1.78. The van der Waals surface area contributed by atoms with E-state index in [4.69, 9.17) is 13.6 Å². The Bertz CT molecular complexity index is 565. The summed E-state index contributed by atoms with van der Waals surface area (Å²) in [6.45, 7) is 26.3. The van der Waals surface area contributed by atoms with Crippen LogP contribution in [0.3, 0.4) is 0 Å². The third-order valence-electron chi connectivity index (χ3n) is 7.47. The fraction of sp³-hybridized carbons (Fsp3) is 0.957. The van der Waals surface area contributed by atoms with Gasteiger partial charge in [-0.25, -0.2) is 9.18 Å². The highest BCUT2D eigenvalue weighted by Crippen LogP contribution is 2.49. The monoisotopic (exact) mass is 540 g/mol. The minimum Gasteiger partial charge on any atom is -0.454 e. The van der Waals surface area contributed by atoms with Crippen molar-refractivity contribution >= 4 is 38.5 Å². The minimum absolute atomic E-state index is 0.174. The van der Waals surface area contributed by atoms with Crippen molar-refractivity contribution in [2.24, 2.45) is 0 Å². The predicted octanol–water partition coefficient (Wildman–Crippen LogP) is 7.73. The molecule has 0 aromatic rings. The van der Waals surface area contributed by atoms with Crippen LogP contribution in [0.5, 0.6) is 0 Å². The van der Waals surface area contributed by atoms with Gasteiger partial charge in [-0.3, -0.25) is 0 Å². The summed E-state index contributed by atoms with van der Waals surface area (Å²) in [7, 11) is -4.63. The van der Waals surface area contributed by atoms with E-state index >= 15 is 4.39 Å². The van der Waals surface area contributed by atoms with Gasteiger partial charge in [0.05, 0.1) is 6.61 Å². The zero-order valence-electron chi connectivity index (χ0n) is 21.7. The van der Waals surface area contributed by atoms with E-state index in [0.717, 1.165) is 0 Å². The number of hydrogen-bond acceptors (Lipinski definition) is 4. The topological polar surface area (TPSA) is 44.8 Å². The summed E-state index contributed by atoms with van der Waals surface area (Å²) in [5.41, 5.74) is 1.96. The molecule has 0 amide bonds. The van der Waals surface area contributed by atoms with Crippen LogP contribution in [-0.4, -0.2) is 46.0 Å². The average Bonchev–Trinajstić information content (AvgIpc) is 2.80. The largest absolute Gasteiger partial charge is 0.454 e. The summed E-state index contributed by atoms with van der Waals surface area (Å²) < 4.78 is 32.2. The van der Waals surface area contributed by atoms with Crippen LogP contribution in [0.2, 0.25) is 33.2 Å². The molecule has 0 radical (unpaired) electrons. The standard InChI is InChI=1S/C23H46BrFO4Si2/c1-14(2)30(15(3)4,16(5)6)27-13-20-21(23(24,25)22(26)28-20)29-31(17(7)8,18(9)10)19(11)12/h14-21H,13H2,1-12H3/t20-,21-,23?/m1/s1. The van der Waals surface area contributed by atoms with Crippen molar-refractivity contribution in [1.82, 2.24) is 0 Å². The molecule has 1 saturated heterocycles. The Kier molecular flexibility index (Phi) is 10.1. The fourth-order valence-corrected chi connectivity index (χ4v) is 17.9. The second-order valence-corrected chi connectivity index (χ2v) is 23.1. The average molecular weight is 542 g/mol. The van der Waals surface area contributed by atoms with Gasteiger partial charge < -0.3 is 13.6 Å². The quantitative estimate of drug-likeness (QED) is 0.153. The third kappa shape index (κ3) is 5.33. The highest BCUT2D eigenvalue weighted by atomic mass is 79.9. The molecule has 1 aliphatic rings. The maximum atomic E-state index is 15.6. The van der Waals surface area contributed by atoms with Gasteiger partial charge in [0.15, 0.2) is 6.10 Å². The van der Waals surface area contributed by atoms with Crippen molar-refractivity contribution in [3.63, 3.8) is 0 Å². The number of halogens is 2. The van der Waals surface area contributed by atoms with Crippen LogP contribution in [0, 0.1) is 0 Å². The zero-order valence-corrected chi connectivity index (χ0v) is 25.3. The first kappa shape index (κ1) is 29.3. The fourth-order valence-electron chi connectivity index (χ4n) is 6.25. The predicted molar refractivity (Wildman–Crippen MR) is 136 cm³/mol. The second-order valence-electron chi connectivity index (χ2n) is 11.1. The SMILES string of the molecule is CC(C)[Si](OC[C@H]1OC(=O)C(F)(Br)[C@@H]1O[Si](C(C)C)(C(C)C)C(C)C)(C(C)C)C(C)C. The van der Waals surface area contributed by atoms with E-state index in [0.29, 0.717) is 16.6 Å². The van der Waals surface area contributed by atoms with Crippen LogP contribution in [0.25, 0.3) is 0 Å². The molecule has 1 unspecified atom stereocenters. The van der Waals surface area contributed by atoms with E-state index in [1.165, 1.54) is 0 Å². The van der Waals surface area contributed by atoms with Gasteiger partial charge in [-0.15, -0.1) is 0 Å². The number of alkyl halides is 2. The Balaban J connectivity index is 3.33. The summed E-state index contributed by atoms with van der Waals surface area (Å²) in [5, 5.41) is 0. The van der Waals surface area contributed by atoms with Gasteiger partial charge in [-0.2, -0.15) is 0 Å². The lowest BCUT2D eigenvalue weighted by atomic mass is 10.2. The molecular weight excluding hydrogens is 495 g/mol. The van der Waals surface area contributed by atoms with Gasteiger partial charge in [-0.1, -0.05) is 83.1 Å². The molecule has 8 heteroatoms. The Hall–Kier alpha value is 0.234. The van der Waals surface area contributed by atoms with E-state index in [-0.39, 0.29) is 23.2 Å². The smallest absolute Gasteiger partial charge is 0.358 e. The first-order chi connectivity index (χ1) is 14.0. The molecular formula is C23H46BrFO4Si2. The van der Waals surface area contributed by atoms with Crippen molar-refractivity contribution in [1.29, 1.82) is 0 Å².